The molecule has 0 aliphatic heterocycles. The van der Waals surface area contributed by atoms with E-state index < -0.39 is 0 Å². The van der Waals surface area contributed by atoms with E-state index in [1.54, 1.807) is 12.4 Å². The van der Waals surface area contributed by atoms with E-state index in [1.807, 2.05) is 36.4 Å². The normalized spacial score (nSPS) is 14.8. The molecular formula is C20H20N2. The summed E-state index contributed by atoms with van der Waals surface area (Å²) in [5, 5.41) is 8.26. The van der Waals surface area contributed by atoms with E-state index in [-0.39, 0.29) is 0 Å². The van der Waals surface area contributed by atoms with Crippen LogP contribution in [0.15, 0.2) is 60.9 Å². The first-order valence-electron chi connectivity index (χ1n) is 7.79. The van der Waals surface area contributed by atoms with Gasteiger partial charge >= 0.3 is 0 Å². The minimum absolute atomic E-state index is 0.530. The second-order valence-electron chi connectivity index (χ2n) is 5.59. The standard InChI is InChI=1S/C20H20N2/c21-20(12-11-16-6-5-13-22-15-16)19-10-4-9-18(14-19)17-7-2-1-3-8-17/h4-7,9-15,21H,1-3,8H2/b12-11+,21-20?. The topological polar surface area (TPSA) is 36.7 Å². The summed E-state index contributed by atoms with van der Waals surface area (Å²) in [7, 11) is 0. The number of nitrogens with zero attached hydrogens (tertiary/aromatic N) is 1. The zero-order chi connectivity index (χ0) is 15.2. The fourth-order valence-corrected chi connectivity index (χ4v) is 2.74. The van der Waals surface area contributed by atoms with Gasteiger partial charge in [-0.3, -0.25) is 4.98 Å². The van der Waals surface area contributed by atoms with Gasteiger partial charge in [-0.2, -0.15) is 0 Å². The van der Waals surface area contributed by atoms with Crippen LogP contribution in [0.1, 0.15) is 42.4 Å². The van der Waals surface area contributed by atoms with Crippen molar-refractivity contribution >= 4 is 17.4 Å². The summed E-state index contributed by atoms with van der Waals surface area (Å²) in [5.41, 5.74) is 5.19. The molecule has 1 aromatic heterocycles. The highest BCUT2D eigenvalue weighted by atomic mass is 14.6. The maximum atomic E-state index is 8.26. The third kappa shape index (κ3) is 3.59. The average Bonchev–Trinajstić information content (AvgIpc) is 2.61. The minimum atomic E-state index is 0.530. The van der Waals surface area contributed by atoms with Crippen molar-refractivity contribution in [3.05, 3.63) is 77.6 Å². The Labute approximate surface area is 131 Å². The van der Waals surface area contributed by atoms with Crippen molar-refractivity contribution in [2.24, 2.45) is 0 Å². The van der Waals surface area contributed by atoms with Crippen LogP contribution in [0, 0.1) is 5.41 Å². The van der Waals surface area contributed by atoms with Gasteiger partial charge in [0.25, 0.3) is 0 Å². The molecule has 2 heteroatoms. The summed E-state index contributed by atoms with van der Waals surface area (Å²) in [6.45, 7) is 0. The second-order valence-corrected chi connectivity index (χ2v) is 5.59. The summed E-state index contributed by atoms with van der Waals surface area (Å²) in [6, 6.07) is 12.2. The number of rotatable bonds is 4. The Morgan fingerprint density at radius 3 is 2.86 bits per heavy atom. The molecule has 1 heterocycles. The molecule has 1 aliphatic rings. The lowest BCUT2D eigenvalue weighted by Crippen LogP contribution is -1.97. The van der Waals surface area contributed by atoms with Gasteiger partial charge in [0.15, 0.2) is 0 Å². The van der Waals surface area contributed by atoms with Crippen LogP contribution in [0.3, 0.4) is 0 Å². The van der Waals surface area contributed by atoms with E-state index in [2.05, 4.69) is 23.2 Å². The van der Waals surface area contributed by atoms with Gasteiger partial charge in [-0.05, 0) is 66.2 Å². The molecule has 110 valence electrons. The van der Waals surface area contributed by atoms with Crippen LogP contribution in [-0.2, 0) is 0 Å². The molecule has 0 saturated carbocycles. The molecule has 0 unspecified atom stereocenters. The number of nitrogens with one attached hydrogen (secondary N) is 1. The Balaban J connectivity index is 1.78. The Morgan fingerprint density at radius 1 is 1.14 bits per heavy atom. The summed E-state index contributed by atoms with van der Waals surface area (Å²) in [6.07, 6.45) is 14.6. The van der Waals surface area contributed by atoms with Crippen LogP contribution < -0.4 is 0 Å². The van der Waals surface area contributed by atoms with Crippen molar-refractivity contribution in [2.45, 2.75) is 25.7 Å². The van der Waals surface area contributed by atoms with Crippen LogP contribution in [0.5, 0.6) is 0 Å². The number of allylic oxidation sites excluding steroid dienone is 3. The molecule has 0 radical (unpaired) electrons. The maximum absolute atomic E-state index is 8.26. The average molecular weight is 288 g/mol. The summed E-state index contributed by atoms with van der Waals surface area (Å²) < 4.78 is 0. The maximum Gasteiger partial charge on any atom is 0.0612 e. The fourth-order valence-electron chi connectivity index (χ4n) is 2.74. The highest BCUT2D eigenvalue weighted by Gasteiger charge is 2.07. The van der Waals surface area contributed by atoms with Crippen LogP contribution in [0.25, 0.3) is 11.6 Å². The number of hydrogen-bond acceptors (Lipinski definition) is 2. The first-order chi connectivity index (χ1) is 10.8. The molecule has 1 aliphatic carbocycles. The smallest absolute Gasteiger partial charge is 0.0612 e. The highest BCUT2D eigenvalue weighted by Crippen LogP contribution is 2.27. The molecule has 2 nitrogen and oxygen atoms in total. The first-order valence-corrected chi connectivity index (χ1v) is 7.79. The number of benzene rings is 1. The SMILES string of the molecule is N=C(/C=C/c1cccnc1)c1cccc(C2=CCCCC2)c1. The molecule has 2 aromatic rings. The zero-order valence-electron chi connectivity index (χ0n) is 12.6. The molecule has 3 rings (SSSR count). The number of hydrogen-bond donors (Lipinski definition) is 1. The number of pyridine rings is 1. The molecular weight excluding hydrogens is 268 g/mol. The highest BCUT2D eigenvalue weighted by molar-refractivity contribution is 6.09. The first kappa shape index (κ1) is 14.5. The van der Waals surface area contributed by atoms with Gasteiger partial charge in [0.2, 0.25) is 0 Å². The van der Waals surface area contributed by atoms with Crippen molar-refractivity contribution < 1.29 is 0 Å². The Morgan fingerprint density at radius 2 is 2.09 bits per heavy atom. The van der Waals surface area contributed by atoms with Gasteiger partial charge in [-0.25, -0.2) is 0 Å². The van der Waals surface area contributed by atoms with Gasteiger partial charge in [0.1, 0.15) is 0 Å². The molecule has 0 saturated heterocycles. The predicted molar refractivity (Wildman–Crippen MR) is 93.0 cm³/mol. The van der Waals surface area contributed by atoms with E-state index in [1.165, 1.54) is 30.4 Å². The van der Waals surface area contributed by atoms with E-state index >= 15 is 0 Å². The van der Waals surface area contributed by atoms with Crippen molar-refractivity contribution in [1.82, 2.24) is 4.98 Å². The van der Waals surface area contributed by atoms with Crippen molar-refractivity contribution in [1.29, 1.82) is 5.41 Å². The van der Waals surface area contributed by atoms with E-state index in [0.29, 0.717) is 5.71 Å². The fraction of sp³-hybridized carbons (Fsp3) is 0.200. The van der Waals surface area contributed by atoms with E-state index in [9.17, 15) is 0 Å². The lowest BCUT2D eigenvalue weighted by atomic mass is 9.92. The van der Waals surface area contributed by atoms with Crippen LogP contribution in [0.2, 0.25) is 0 Å². The third-order valence-electron chi connectivity index (χ3n) is 3.96. The zero-order valence-corrected chi connectivity index (χ0v) is 12.6. The monoisotopic (exact) mass is 288 g/mol. The van der Waals surface area contributed by atoms with Crippen molar-refractivity contribution in [2.75, 3.05) is 0 Å². The largest absolute Gasteiger partial charge is 0.300 e. The Kier molecular flexibility index (Phi) is 4.59. The summed E-state index contributed by atoms with van der Waals surface area (Å²) in [5.74, 6) is 0. The van der Waals surface area contributed by atoms with Crippen LogP contribution >= 0.6 is 0 Å². The van der Waals surface area contributed by atoms with E-state index in [0.717, 1.165) is 17.5 Å². The molecule has 0 spiro atoms. The molecule has 0 amide bonds. The Bertz CT molecular complexity index is 711. The van der Waals surface area contributed by atoms with Crippen molar-refractivity contribution in [3.63, 3.8) is 0 Å². The molecule has 0 fully saturated rings. The quantitative estimate of drug-likeness (QED) is 0.779. The molecule has 0 bridgehead atoms. The predicted octanol–water partition coefficient (Wildman–Crippen LogP) is 5.12. The van der Waals surface area contributed by atoms with Gasteiger partial charge in [0.05, 0.1) is 5.71 Å². The lowest BCUT2D eigenvalue weighted by molar-refractivity contribution is 0.742. The van der Waals surface area contributed by atoms with Crippen LogP contribution in [-0.4, -0.2) is 10.7 Å². The second kappa shape index (κ2) is 6.99. The van der Waals surface area contributed by atoms with Crippen molar-refractivity contribution in [3.8, 4) is 0 Å². The minimum Gasteiger partial charge on any atom is -0.300 e. The lowest BCUT2D eigenvalue weighted by Gasteiger charge is -2.13. The molecule has 0 atom stereocenters. The number of aromatic nitrogens is 1. The van der Waals surface area contributed by atoms with Gasteiger partial charge in [-0.1, -0.05) is 36.4 Å². The summed E-state index contributed by atoms with van der Waals surface area (Å²) in [4.78, 5) is 4.08. The van der Waals surface area contributed by atoms with Crippen LogP contribution in [0.4, 0.5) is 0 Å². The van der Waals surface area contributed by atoms with E-state index in [4.69, 9.17) is 5.41 Å². The molecule has 1 N–H and O–H groups in total. The third-order valence-corrected chi connectivity index (χ3v) is 3.96. The molecule has 1 aromatic carbocycles. The van der Waals surface area contributed by atoms with Gasteiger partial charge in [-0.15, -0.1) is 0 Å². The summed E-state index contributed by atoms with van der Waals surface area (Å²) >= 11 is 0. The van der Waals surface area contributed by atoms with Gasteiger partial charge in [0, 0.05) is 12.4 Å². The Hall–Kier alpha value is -2.48. The molecule has 22 heavy (non-hydrogen) atoms. The van der Waals surface area contributed by atoms with Gasteiger partial charge < -0.3 is 5.41 Å².